The van der Waals surface area contributed by atoms with Gasteiger partial charge in [0.2, 0.25) is 10.0 Å². The predicted molar refractivity (Wildman–Crippen MR) is 117 cm³/mol. The fourth-order valence-corrected chi connectivity index (χ4v) is 4.16. The van der Waals surface area contributed by atoms with E-state index in [4.69, 9.17) is 4.74 Å². The molecule has 7 heteroatoms. The molecule has 0 fully saturated rings. The SMILES string of the molecule is COc1ccc(C(=O)Nc2cc(C)ccc2C)cc1S(=O)(=O)NCc1ccccc1. The van der Waals surface area contributed by atoms with Crippen LogP contribution in [0.1, 0.15) is 27.0 Å². The number of rotatable bonds is 7. The van der Waals surface area contributed by atoms with Crippen molar-refractivity contribution in [2.24, 2.45) is 0 Å². The maximum absolute atomic E-state index is 12.9. The number of sulfonamides is 1. The fraction of sp³-hybridized carbons (Fsp3) is 0.174. The average molecular weight is 425 g/mol. The van der Waals surface area contributed by atoms with Crippen LogP contribution in [0.2, 0.25) is 0 Å². The van der Waals surface area contributed by atoms with E-state index in [1.54, 1.807) is 0 Å². The second kappa shape index (κ2) is 9.11. The van der Waals surface area contributed by atoms with Crippen molar-refractivity contribution in [1.29, 1.82) is 0 Å². The summed E-state index contributed by atoms with van der Waals surface area (Å²) in [6.45, 7) is 3.96. The zero-order valence-electron chi connectivity index (χ0n) is 17.1. The van der Waals surface area contributed by atoms with Crippen LogP contribution in [-0.2, 0) is 16.6 Å². The van der Waals surface area contributed by atoms with Gasteiger partial charge in [0.25, 0.3) is 5.91 Å². The number of nitrogens with one attached hydrogen (secondary N) is 2. The van der Waals surface area contributed by atoms with E-state index in [2.05, 4.69) is 10.0 Å². The molecule has 0 radical (unpaired) electrons. The highest BCUT2D eigenvalue weighted by molar-refractivity contribution is 7.89. The first-order valence-corrected chi connectivity index (χ1v) is 10.9. The molecule has 0 unspecified atom stereocenters. The molecule has 0 aliphatic carbocycles. The molecule has 1 amide bonds. The summed E-state index contributed by atoms with van der Waals surface area (Å²) >= 11 is 0. The van der Waals surface area contributed by atoms with Gasteiger partial charge in [-0.3, -0.25) is 4.79 Å². The van der Waals surface area contributed by atoms with Crippen LogP contribution in [0.25, 0.3) is 0 Å². The van der Waals surface area contributed by atoms with E-state index in [0.29, 0.717) is 5.69 Å². The first kappa shape index (κ1) is 21.5. The maximum atomic E-state index is 12.9. The Morgan fingerprint density at radius 3 is 2.40 bits per heavy atom. The zero-order chi connectivity index (χ0) is 21.7. The summed E-state index contributed by atoms with van der Waals surface area (Å²) in [5, 5.41) is 2.85. The molecule has 0 aromatic heterocycles. The van der Waals surface area contributed by atoms with Crippen molar-refractivity contribution in [3.05, 3.63) is 89.0 Å². The van der Waals surface area contributed by atoms with Crippen LogP contribution in [-0.4, -0.2) is 21.4 Å². The van der Waals surface area contributed by atoms with E-state index >= 15 is 0 Å². The summed E-state index contributed by atoms with van der Waals surface area (Å²) in [6.07, 6.45) is 0. The van der Waals surface area contributed by atoms with Gasteiger partial charge in [0, 0.05) is 17.8 Å². The molecule has 0 bridgehead atoms. The molecule has 0 heterocycles. The van der Waals surface area contributed by atoms with E-state index in [9.17, 15) is 13.2 Å². The fourth-order valence-electron chi connectivity index (χ4n) is 2.94. The summed E-state index contributed by atoms with van der Waals surface area (Å²) in [4.78, 5) is 12.7. The number of benzene rings is 3. The predicted octanol–water partition coefficient (Wildman–Crippen LogP) is 4.04. The van der Waals surface area contributed by atoms with Gasteiger partial charge in [0.05, 0.1) is 7.11 Å². The van der Waals surface area contributed by atoms with Gasteiger partial charge < -0.3 is 10.1 Å². The lowest BCUT2D eigenvalue weighted by Crippen LogP contribution is -2.24. The Morgan fingerprint density at radius 1 is 0.967 bits per heavy atom. The van der Waals surface area contributed by atoms with Crippen LogP contribution < -0.4 is 14.8 Å². The van der Waals surface area contributed by atoms with Gasteiger partial charge >= 0.3 is 0 Å². The minimum atomic E-state index is -3.90. The lowest BCUT2D eigenvalue weighted by molar-refractivity contribution is 0.102. The van der Waals surface area contributed by atoms with E-state index in [0.717, 1.165) is 16.7 Å². The first-order valence-electron chi connectivity index (χ1n) is 9.40. The molecule has 3 aromatic rings. The Morgan fingerprint density at radius 2 is 1.70 bits per heavy atom. The van der Waals surface area contributed by atoms with Crippen LogP contribution in [0.3, 0.4) is 0 Å². The van der Waals surface area contributed by atoms with Crippen LogP contribution >= 0.6 is 0 Å². The lowest BCUT2D eigenvalue weighted by atomic mass is 10.1. The molecular weight excluding hydrogens is 400 g/mol. The largest absolute Gasteiger partial charge is 0.495 e. The number of hydrogen-bond donors (Lipinski definition) is 2. The Hall–Kier alpha value is -3.16. The van der Waals surface area contributed by atoms with Crippen molar-refractivity contribution in [2.75, 3.05) is 12.4 Å². The highest BCUT2D eigenvalue weighted by Gasteiger charge is 2.22. The van der Waals surface area contributed by atoms with Crippen LogP contribution in [0.4, 0.5) is 5.69 Å². The van der Waals surface area contributed by atoms with Gasteiger partial charge in [-0.25, -0.2) is 13.1 Å². The number of methoxy groups -OCH3 is 1. The summed E-state index contributed by atoms with van der Waals surface area (Å²) in [5.74, 6) is -0.232. The van der Waals surface area contributed by atoms with Crippen molar-refractivity contribution in [1.82, 2.24) is 4.72 Å². The first-order chi connectivity index (χ1) is 14.3. The molecule has 3 aromatic carbocycles. The van der Waals surface area contributed by atoms with Crippen molar-refractivity contribution < 1.29 is 17.9 Å². The highest BCUT2D eigenvalue weighted by Crippen LogP contribution is 2.26. The van der Waals surface area contributed by atoms with Crippen molar-refractivity contribution in [3.63, 3.8) is 0 Å². The number of aryl methyl sites for hydroxylation is 2. The topological polar surface area (TPSA) is 84.5 Å². The van der Waals surface area contributed by atoms with Crippen molar-refractivity contribution in [3.8, 4) is 5.75 Å². The third kappa shape index (κ3) is 5.06. The second-order valence-electron chi connectivity index (χ2n) is 6.95. The molecule has 0 atom stereocenters. The quantitative estimate of drug-likeness (QED) is 0.599. The molecule has 3 rings (SSSR count). The third-order valence-corrected chi connectivity index (χ3v) is 6.09. The van der Waals surface area contributed by atoms with E-state index in [1.165, 1.54) is 25.3 Å². The average Bonchev–Trinajstić information content (AvgIpc) is 2.75. The molecular formula is C23H24N2O4S. The molecule has 6 nitrogen and oxygen atoms in total. The van der Waals surface area contributed by atoms with Crippen LogP contribution in [0, 0.1) is 13.8 Å². The Balaban J connectivity index is 1.87. The van der Waals surface area contributed by atoms with Gasteiger partial charge in [-0.05, 0) is 54.8 Å². The molecule has 0 aliphatic rings. The molecule has 30 heavy (non-hydrogen) atoms. The second-order valence-corrected chi connectivity index (χ2v) is 8.68. The summed E-state index contributed by atoms with van der Waals surface area (Å²) < 4.78 is 33.6. The summed E-state index contributed by atoms with van der Waals surface area (Å²) in [5.41, 5.74) is 3.65. The Labute approximate surface area is 177 Å². The Bertz CT molecular complexity index is 1160. The standard InChI is InChI=1S/C23H24N2O4S/c1-16-9-10-17(2)20(13-16)25-23(26)19-11-12-21(29-3)22(14-19)30(27,28)24-15-18-7-5-4-6-8-18/h4-14,24H,15H2,1-3H3,(H,25,26). The van der Waals surface area contributed by atoms with Crippen molar-refractivity contribution in [2.45, 2.75) is 25.3 Å². The Kier molecular flexibility index (Phi) is 6.54. The minimum Gasteiger partial charge on any atom is -0.495 e. The lowest BCUT2D eigenvalue weighted by Gasteiger charge is -2.13. The molecule has 0 saturated heterocycles. The van der Waals surface area contributed by atoms with Crippen molar-refractivity contribution >= 4 is 21.6 Å². The van der Waals surface area contributed by atoms with Crippen LogP contribution in [0.5, 0.6) is 5.75 Å². The number of hydrogen-bond acceptors (Lipinski definition) is 4. The van der Waals surface area contributed by atoms with E-state index in [-0.39, 0.29) is 22.8 Å². The van der Waals surface area contributed by atoms with Gasteiger partial charge in [-0.1, -0.05) is 42.5 Å². The number of carbonyl (C=O) groups excluding carboxylic acids is 1. The van der Waals surface area contributed by atoms with Gasteiger partial charge in [0.15, 0.2) is 0 Å². The molecule has 0 saturated carbocycles. The van der Waals surface area contributed by atoms with E-state index < -0.39 is 15.9 Å². The molecule has 156 valence electrons. The smallest absolute Gasteiger partial charge is 0.255 e. The number of amides is 1. The summed E-state index contributed by atoms with van der Waals surface area (Å²) in [6, 6.07) is 19.3. The maximum Gasteiger partial charge on any atom is 0.255 e. The molecule has 0 spiro atoms. The third-order valence-electron chi connectivity index (χ3n) is 4.67. The minimum absolute atomic E-state index is 0.0884. The zero-order valence-corrected chi connectivity index (χ0v) is 17.9. The van der Waals surface area contributed by atoms with Gasteiger partial charge in [-0.2, -0.15) is 0 Å². The highest BCUT2D eigenvalue weighted by atomic mass is 32.2. The number of anilines is 1. The van der Waals surface area contributed by atoms with E-state index in [1.807, 2.05) is 62.4 Å². The summed E-state index contributed by atoms with van der Waals surface area (Å²) in [7, 11) is -2.51. The number of ether oxygens (including phenoxy) is 1. The molecule has 2 N–H and O–H groups in total. The van der Waals surface area contributed by atoms with Gasteiger partial charge in [0.1, 0.15) is 10.6 Å². The van der Waals surface area contributed by atoms with Gasteiger partial charge in [-0.15, -0.1) is 0 Å². The normalized spacial score (nSPS) is 11.2. The molecule has 0 aliphatic heterocycles. The monoisotopic (exact) mass is 424 g/mol. The van der Waals surface area contributed by atoms with Crippen LogP contribution in [0.15, 0.2) is 71.6 Å². The number of carbonyl (C=O) groups is 1.